The summed E-state index contributed by atoms with van der Waals surface area (Å²) in [7, 11) is 0. The van der Waals surface area contributed by atoms with Crippen molar-refractivity contribution in [1.82, 2.24) is 0 Å². The molecule has 4 N–H and O–H groups in total. The Morgan fingerprint density at radius 2 is 1.62 bits per heavy atom. The van der Waals surface area contributed by atoms with Gasteiger partial charge in [0.15, 0.2) is 0 Å². The second-order valence-corrected chi connectivity index (χ2v) is 3.92. The van der Waals surface area contributed by atoms with Gasteiger partial charge >= 0.3 is 0 Å². The Morgan fingerprint density at radius 1 is 1.15 bits per heavy atom. The van der Waals surface area contributed by atoms with E-state index in [1.165, 1.54) is 0 Å². The fourth-order valence-corrected chi connectivity index (χ4v) is 1.45. The molecule has 0 saturated heterocycles. The molecule has 3 heteroatoms. The van der Waals surface area contributed by atoms with Crippen LogP contribution in [0.4, 0.5) is 0 Å². The summed E-state index contributed by atoms with van der Waals surface area (Å²) in [5, 5.41) is 18.9. The minimum Gasteiger partial charge on any atom is -0.391 e. The molecule has 0 rings (SSSR count). The molecule has 2 atom stereocenters. The minimum atomic E-state index is -0.838. The molecule has 3 nitrogen and oxygen atoms in total. The van der Waals surface area contributed by atoms with Gasteiger partial charge in [-0.15, -0.1) is 0 Å². The number of unbranched alkanes of at least 4 members (excludes halogenated alkanes) is 2. The van der Waals surface area contributed by atoms with Crippen molar-refractivity contribution >= 4 is 0 Å². The highest BCUT2D eigenvalue weighted by Gasteiger charge is 2.34. The number of nitrogens with two attached hydrogens (primary N) is 1. The smallest absolute Gasteiger partial charge is 0.0716 e. The van der Waals surface area contributed by atoms with Gasteiger partial charge in [0.05, 0.1) is 17.7 Å². The summed E-state index contributed by atoms with van der Waals surface area (Å²) in [5.41, 5.74) is 5.09. The van der Waals surface area contributed by atoms with Crippen molar-refractivity contribution in [2.45, 2.75) is 64.2 Å². The molecule has 0 radical (unpaired) electrons. The molecule has 0 aliphatic rings. The minimum absolute atomic E-state index is 0.663. The molecule has 0 aromatic rings. The Balaban J connectivity index is 4.09. The van der Waals surface area contributed by atoms with Crippen LogP contribution in [0.5, 0.6) is 0 Å². The Labute approximate surface area is 81.0 Å². The van der Waals surface area contributed by atoms with E-state index in [9.17, 15) is 10.2 Å². The molecule has 2 unspecified atom stereocenters. The van der Waals surface area contributed by atoms with E-state index in [0.29, 0.717) is 6.42 Å². The van der Waals surface area contributed by atoms with E-state index in [1.54, 1.807) is 13.8 Å². The first-order chi connectivity index (χ1) is 5.95. The van der Waals surface area contributed by atoms with E-state index >= 15 is 0 Å². The molecule has 0 saturated carbocycles. The topological polar surface area (TPSA) is 66.5 Å². The van der Waals surface area contributed by atoms with E-state index < -0.39 is 17.7 Å². The molecule has 0 aromatic carbocycles. The lowest BCUT2D eigenvalue weighted by atomic mass is 9.83. The molecule has 80 valence electrons. The molecule has 0 bridgehead atoms. The van der Waals surface area contributed by atoms with Gasteiger partial charge in [0.2, 0.25) is 0 Å². The Hall–Kier alpha value is -0.120. The van der Waals surface area contributed by atoms with Crippen molar-refractivity contribution in [3.63, 3.8) is 0 Å². The maximum absolute atomic E-state index is 9.46. The van der Waals surface area contributed by atoms with Crippen molar-refractivity contribution in [2.24, 2.45) is 5.73 Å². The first kappa shape index (κ1) is 12.9. The van der Waals surface area contributed by atoms with Crippen LogP contribution in [0, 0.1) is 0 Å². The molecule has 0 amide bonds. The van der Waals surface area contributed by atoms with Gasteiger partial charge in [0.1, 0.15) is 0 Å². The standard InChI is InChI=1S/C10H23NO2/c1-4-5-6-7-10(11,8(2)12)9(3)13/h8-9,12-13H,4-7,11H2,1-3H3. The molecule has 0 spiro atoms. The van der Waals surface area contributed by atoms with E-state index in [-0.39, 0.29) is 0 Å². The van der Waals surface area contributed by atoms with Crippen LogP contribution < -0.4 is 5.73 Å². The Kier molecular flexibility index (Phi) is 5.53. The highest BCUT2D eigenvalue weighted by Crippen LogP contribution is 2.20. The second kappa shape index (κ2) is 5.58. The summed E-state index contributed by atoms with van der Waals surface area (Å²) >= 11 is 0. The zero-order valence-corrected chi connectivity index (χ0v) is 8.95. The molecular weight excluding hydrogens is 166 g/mol. The number of rotatable bonds is 6. The van der Waals surface area contributed by atoms with Gasteiger partial charge < -0.3 is 15.9 Å². The van der Waals surface area contributed by atoms with Gasteiger partial charge in [-0.05, 0) is 20.3 Å². The zero-order valence-electron chi connectivity index (χ0n) is 8.95. The van der Waals surface area contributed by atoms with Crippen LogP contribution in [0.25, 0.3) is 0 Å². The summed E-state index contributed by atoms with van der Waals surface area (Å²) in [6.07, 6.45) is 2.53. The lowest BCUT2D eigenvalue weighted by Crippen LogP contribution is -2.57. The second-order valence-electron chi connectivity index (χ2n) is 3.92. The van der Waals surface area contributed by atoms with Crippen molar-refractivity contribution in [3.05, 3.63) is 0 Å². The lowest BCUT2D eigenvalue weighted by Gasteiger charge is -2.35. The molecule has 0 aliphatic carbocycles. The molecule has 0 aromatic heterocycles. The highest BCUT2D eigenvalue weighted by atomic mass is 16.3. The summed E-state index contributed by atoms with van der Waals surface area (Å²) in [6.45, 7) is 5.39. The van der Waals surface area contributed by atoms with Gasteiger partial charge in [0.25, 0.3) is 0 Å². The van der Waals surface area contributed by atoms with E-state index in [0.717, 1.165) is 19.3 Å². The predicted octanol–water partition coefficient (Wildman–Crippen LogP) is 1.03. The average molecular weight is 189 g/mol. The predicted molar refractivity (Wildman–Crippen MR) is 54.4 cm³/mol. The van der Waals surface area contributed by atoms with Crippen LogP contribution in [-0.2, 0) is 0 Å². The monoisotopic (exact) mass is 189 g/mol. The molecule has 0 fully saturated rings. The molecule has 0 aliphatic heterocycles. The fourth-order valence-electron chi connectivity index (χ4n) is 1.45. The first-order valence-electron chi connectivity index (χ1n) is 5.10. The van der Waals surface area contributed by atoms with Gasteiger partial charge in [-0.25, -0.2) is 0 Å². The van der Waals surface area contributed by atoms with Crippen LogP contribution in [0.15, 0.2) is 0 Å². The SMILES string of the molecule is CCCCCC(N)(C(C)O)C(C)O. The van der Waals surface area contributed by atoms with Gasteiger partial charge in [-0.2, -0.15) is 0 Å². The van der Waals surface area contributed by atoms with Crippen LogP contribution in [0.3, 0.4) is 0 Å². The number of aliphatic hydroxyl groups excluding tert-OH is 2. The largest absolute Gasteiger partial charge is 0.391 e. The summed E-state index contributed by atoms with van der Waals surface area (Å²) < 4.78 is 0. The normalized spacial score (nSPS) is 20.8. The third kappa shape index (κ3) is 3.63. The molecule has 13 heavy (non-hydrogen) atoms. The molecule has 0 heterocycles. The average Bonchev–Trinajstić information content (AvgIpc) is 2.03. The van der Waals surface area contributed by atoms with Crippen molar-refractivity contribution < 1.29 is 10.2 Å². The van der Waals surface area contributed by atoms with Gasteiger partial charge in [0, 0.05) is 0 Å². The lowest BCUT2D eigenvalue weighted by molar-refractivity contribution is 0.00133. The Morgan fingerprint density at radius 3 is 1.92 bits per heavy atom. The van der Waals surface area contributed by atoms with E-state index in [1.807, 2.05) is 0 Å². The highest BCUT2D eigenvalue weighted by molar-refractivity contribution is 4.93. The maximum atomic E-state index is 9.46. The summed E-state index contributed by atoms with van der Waals surface area (Å²) in [4.78, 5) is 0. The first-order valence-corrected chi connectivity index (χ1v) is 5.10. The van der Waals surface area contributed by atoms with Crippen LogP contribution >= 0.6 is 0 Å². The third-order valence-electron chi connectivity index (χ3n) is 2.77. The number of aliphatic hydroxyl groups is 2. The van der Waals surface area contributed by atoms with Gasteiger partial charge in [-0.3, -0.25) is 0 Å². The van der Waals surface area contributed by atoms with Crippen molar-refractivity contribution in [3.8, 4) is 0 Å². The zero-order chi connectivity index (χ0) is 10.5. The van der Waals surface area contributed by atoms with Crippen LogP contribution in [0.2, 0.25) is 0 Å². The van der Waals surface area contributed by atoms with E-state index in [4.69, 9.17) is 5.73 Å². The van der Waals surface area contributed by atoms with Gasteiger partial charge in [-0.1, -0.05) is 26.2 Å². The summed E-state index contributed by atoms with van der Waals surface area (Å²) in [6, 6.07) is 0. The quantitative estimate of drug-likeness (QED) is 0.547. The van der Waals surface area contributed by atoms with Crippen molar-refractivity contribution in [2.75, 3.05) is 0 Å². The Bertz CT molecular complexity index is 127. The number of hydrogen-bond donors (Lipinski definition) is 3. The van der Waals surface area contributed by atoms with Crippen LogP contribution in [0.1, 0.15) is 46.5 Å². The number of hydrogen-bond acceptors (Lipinski definition) is 3. The fraction of sp³-hybridized carbons (Fsp3) is 1.00. The molecular formula is C10H23NO2. The maximum Gasteiger partial charge on any atom is 0.0716 e. The van der Waals surface area contributed by atoms with E-state index in [2.05, 4.69) is 6.92 Å². The third-order valence-corrected chi connectivity index (χ3v) is 2.77. The summed E-state index contributed by atoms with van der Waals surface area (Å²) in [5.74, 6) is 0. The van der Waals surface area contributed by atoms with Crippen molar-refractivity contribution in [1.29, 1.82) is 0 Å². The van der Waals surface area contributed by atoms with Crippen LogP contribution in [-0.4, -0.2) is 28.0 Å².